The van der Waals surface area contributed by atoms with Crippen LogP contribution in [0, 0.1) is 0 Å². The lowest BCUT2D eigenvalue weighted by molar-refractivity contribution is -0.274. The van der Waals surface area contributed by atoms with Gasteiger partial charge in [0.1, 0.15) is 0 Å². The number of anilines is 1. The number of halogens is 3. The molecule has 5 heteroatoms. The van der Waals surface area contributed by atoms with Crippen molar-refractivity contribution in [3.63, 3.8) is 0 Å². The standard InChI is InChI=1S/C13H16F3NO/c1-8-7-12(2,3)17-11-9(8)5-4-6-10(11)18-13(14,15)16/h4-6,8,17H,7H2,1-3H3. The third-order valence-electron chi connectivity index (χ3n) is 3.09. The summed E-state index contributed by atoms with van der Waals surface area (Å²) in [5.74, 6) is 0.0488. The van der Waals surface area contributed by atoms with Gasteiger partial charge in [-0.15, -0.1) is 13.2 Å². The first-order valence-electron chi connectivity index (χ1n) is 5.85. The Morgan fingerprint density at radius 3 is 2.61 bits per heavy atom. The first-order chi connectivity index (χ1) is 8.18. The third-order valence-corrected chi connectivity index (χ3v) is 3.09. The van der Waals surface area contributed by atoms with Crippen molar-refractivity contribution in [1.29, 1.82) is 0 Å². The van der Waals surface area contributed by atoms with Gasteiger partial charge in [0, 0.05) is 5.54 Å². The lowest BCUT2D eigenvalue weighted by Crippen LogP contribution is -2.37. The van der Waals surface area contributed by atoms with Gasteiger partial charge in [-0.2, -0.15) is 0 Å². The Bertz CT molecular complexity index is 454. The fraction of sp³-hybridized carbons (Fsp3) is 0.538. The van der Waals surface area contributed by atoms with Crippen LogP contribution in [0.4, 0.5) is 18.9 Å². The van der Waals surface area contributed by atoms with E-state index < -0.39 is 6.36 Å². The maximum absolute atomic E-state index is 12.4. The highest BCUT2D eigenvalue weighted by atomic mass is 19.4. The topological polar surface area (TPSA) is 21.3 Å². The van der Waals surface area contributed by atoms with Gasteiger partial charge in [0.25, 0.3) is 0 Å². The van der Waals surface area contributed by atoms with Gasteiger partial charge in [-0.3, -0.25) is 0 Å². The number of ether oxygens (including phenoxy) is 1. The molecule has 0 aromatic heterocycles. The summed E-state index contributed by atoms with van der Waals surface area (Å²) < 4.78 is 41.1. The molecule has 1 aliphatic rings. The molecule has 0 saturated carbocycles. The smallest absolute Gasteiger partial charge is 0.404 e. The number of benzene rings is 1. The van der Waals surface area contributed by atoms with Crippen molar-refractivity contribution in [2.75, 3.05) is 5.32 Å². The highest BCUT2D eigenvalue weighted by Gasteiger charge is 2.36. The van der Waals surface area contributed by atoms with Gasteiger partial charge in [0.15, 0.2) is 5.75 Å². The molecule has 0 amide bonds. The van der Waals surface area contributed by atoms with Gasteiger partial charge in [-0.25, -0.2) is 0 Å². The third kappa shape index (κ3) is 2.71. The van der Waals surface area contributed by atoms with Crippen LogP contribution in [0.3, 0.4) is 0 Å². The molecule has 2 rings (SSSR count). The fourth-order valence-electron chi connectivity index (χ4n) is 2.57. The van der Waals surface area contributed by atoms with Gasteiger partial charge in [-0.05, 0) is 37.8 Å². The van der Waals surface area contributed by atoms with E-state index in [1.165, 1.54) is 6.07 Å². The molecule has 1 heterocycles. The van der Waals surface area contributed by atoms with Crippen LogP contribution in [-0.4, -0.2) is 11.9 Å². The Kier molecular flexibility index (Phi) is 2.95. The zero-order chi connectivity index (χ0) is 13.6. The molecule has 18 heavy (non-hydrogen) atoms. The van der Waals surface area contributed by atoms with Crippen molar-refractivity contribution in [1.82, 2.24) is 0 Å². The Morgan fingerprint density at radius 2 is 2.00 bits per heavy atom. The van der Waals surface area contributed by atoms with Gasteiger partial charge in [0.05, 0.1) is 5.69 Å². The van der Waals surface area contributed by atoms with E-state index in [0.29, 0.717) is 5.69 Å². The monoisotopic (exact) mass is 259 g/mol. The zero-order valence-corrected chi connectivity index (χ0v) is 10.6. The lowest BCUT2D eigenvalue weighted by atomic mass is 9.82. The van der Waals surface area contributed by atoms with E-state index in [4.69, 9.17) is 0 Å². The van der Waals surface area contributed by atoms with E-state index in [0.717, 1.165) is 12.0 Å². The first-order valence-corrected chi connectivity index (χ1v) is 5.85. The maximum Gasteiger partial charge on any atom is 0.573 e. The molecule has 2 nitrogen and oxygen atoms in total. The molecule has 0 spiro atoms. The molecule has 1 N–H and O–H groups in total. The molecule has 1 aromatic carbocycles. The van der Waals surface area contributed by atoms with Crippen LogP contribution in [0.25, 0.3) is 0 Å². The molecule has 1 unspecified atom stereocenters. The van der Waals surface area contributed by atoms with Crippen molar-refractivity contribution >= 4 is 5.69 Å². The van der Waals surface area contributed by atoms with Crippen molar-refractivity contribution in [3.05, 3.63) is 23.8 Å². The fourth-order valence-corrected chi connectivity index (χ4v) is 2.57. The number of rotatable bonds is 1. The van der Waals surface area contributed by atoms with E-state index in [9.17, 15) is 13.2 Å². The van der Waals surface area contributed by atoms with Crippen LogP contribution in [0.2, 0.25) is 0 Å². The summed E-state index contributed by atoms with van der Waals surface area (Å²) in [4.78, 5) is 0. The summed E-state index contributed by atoms with van der Waals surface area (Å²) in [7, 11) is 0. The zero-order valence-electron chi connectivity index (χ0n) is 10.6. The average molecular weight is 259 g/mol. The molecule has 0 fully saturated rings. The molecule has 0 saturated heterocycles. The molecular formula is C13H16F3NO. The molecule has 1 aliphatic heterocycles. The number of hydrogen-bond acceptors (Lipinski definition) is 2. The number of nitrogens with one attached hydrogen (secondary N) is 1. The van der Waals surface area contributed by atoms with Crippen LogP contribution in [0.5, 0.6) is 5.75 Å². The van der Waals surface area contributed by atoms with E-state index in [1.807, 2.05) is 26.8 Å². The normalized spacial score (nSPS) is 22.0. The van der Waals surface area contributed by atoms with Crippen LogP contribution >= 0.6 is 0 Å². The molecule has 1 atom stereocenters. The Labute approximate surface area is 104 Å². The van der Waals surface area contributed by atoms with Crippen molar-refractivity contribution in [3.8, 4) is 5.75 Å². The Morgan fingerprint density at radius 1 is 1.33 bits per heavy atom. The second kappa shape index (κ2) is 4.07. The highest BCUT2D eigenvalue weighted by Crippen LogP contribution is 2.44. The second-order valence-corrected chi connectivity index (χ2v) is 5.38. The number of alkyl halides is 3. The summed E-state index contributed by atoms with van der Waals surface area (Å²) in [6, 6.07) is 4.77. The molecule has 100 valence electrons. The highest BCUT2D eigenvalue weighted by molar-refractivity contribution is 5.66. The molecular weight excluding hydrogens is 243 g/mol. The molecule has 1 aromatic rings. The summed E-state index contributed by atoms with van der Waals surface area (Å²) in [5, 5.41) is 3.13. The average Bonchev–Trinajstić information content (AvgIpc) is 2.15. The summed E-state index contributed by atoms with van der Waals surface area (Å²) >= 11 is 0. The quantitative estimate of drug-likeness (QED) is 0.812. The Balaban J connectivity index is 2.43. The van der Waals surface area contributed by atoms with Gasteiger partial charge in [-0.1, -0.05) is 19.1 Å². The van der Waals surface area contributed by atoms with Crippen LogP contribution in [0.15, 0.2) is 18.2 Å². The minimum Gasteiger partial charge on any atom is -0.404 e. The summed E-state index contributed by atoms with van der Waals surface area (Å²) in [6.07, 6.45) is -3.79. The molecule has 0 bridgehead atoms. The van der Waals surface area contributed by atoms with Gasteiger partial charge < -0.3 is 10.1 Å². The largest absolute Gasteiger partial charge is 0.573 e. The number of fused-ring (bicyclic) bond motifs is 1. The Hall–Kier alpha value is -1.39. The summed E-state index contributed by atoms with van der Waals surface area (Å²) in [6.45, 7) is 5.95. The van der Waals surface area contributed by atoms with Gasteiger partial charge in [0.2, 0.25) is 0 Å². The second-order valence-electron chi connectivity index (χ2n) is 5.38. The van der Waals surface area contributed by atoms with Crippen LogP contribution in [-0.2, 0) is 0 Å². The molecule has 0 radical (unpaired) electrons. The van der Waals surface area contributed by atoms with Crippen molar-refractivity contribution < 1.29 is 17.9 Å². The van der Waals surface area contributed by atoms with Crippen molar-refractivity contribution in [2.24, 2.45) is 0 Å². The lowest BCUT2D eigenvalue weighted by Gasteiger charge is -2.38. The molecule has 0 aliphatic carbocycles. The predicted octanol–water partition coefficient (Wildman–Crippen LogP) is 4.28. The minimum atomic E-state index is -4.67. The number of hydrogen-bond donors (Lipinski definition) is 1. The number of para-hydroxylation sites is 1. The van der Waals surface area contributed by atoms with E-state index in [1.54, 1.807) is 6.07 Å². The first kappa shape index (κ1) is 13.1. The van der Waals surface area contributed by atoms with Gasteiger partial charge >= 0.3 is 6.36 Å². The maximum atomic E-state index is 12.4. The summed E-state index contributed by atoms with van der Waals surface area (Å²) in [5.41, 5.74) is 1.09. The van der Waals surface area contributed by atoms with E-state index in [2.05, 4.69) is 10.1 Å². The van der Waals surface area contributed by atoms with Crippen molar-refractivity contribution in [2.45, 2.75) is 45.0 Å². The van der Waals surface area contributed by atoms with E-state index in [-0.39, 0.29) is 17.2 Å². The predicted molar refractivity (Wildman–Crippen MR) is 63.9 cm³/mol. The minimum absolute atomic E-state index is 0.153. The van der Waals surface area contributed by atoms with Crippen LogP contribution < -0.4 is 10.1 Å². The van der Waals surface area contributed by atoms with E-state index >= 15 is 0 Å². The SMILES string of the molecule is CC1CC(C)(C)Nc2c(OC(F)(F)F)cccc21. The van der Waals surface area contributed by atoms with Crippen LogP contribution in [0.1, 0.15) is 38.7 Å².